The number of anilines is 6. The van der Waals surface area contributed by atoms with E-state index in [2.05, 4.69) is 271 Å². The van der Waals surface area contributed by atoms with Gasteiger partial charge in [0.1, 0.15) is 11.2 Å². The summed E-state index contributed by atoms with van der Waals surface area (Å²) in [4.78, 5) is 4.86. The fourth-order valence-corrected chi connectivity index (χ4v) is 15.3. The summed E-state index contributed by atoms with van der Waals surface area (Å²) in [6.45, 7) is 24.2. The van der Waals surface area contributed by atoms with E-state index >= 15 is 0 Å². The lowest BCUT2D eigenvalue weighted by Crippen LogP contribution is -2.37. The number of hydrogen-bond donors (Lipinski definition) is 0. The summed E-state index contributed by atoms with van der Waals surface area (Å²) in [6, 6.07) is 72.7. The molecule has 0 aliphatic heterocycles. The van der Waals surface area contributed by atoms with Crippen molar-refractivity contribution in [3.63, 3.8) is 0 Å². The molecule has 0 fully saturated rings. The zero-order valence-corrected chi connectivity index (χ0v) is 47.2. The van der Waals surface area contributed by atoms with Crippen molar-refractivity contribution < 1.29 is 8.83 Å². The Morgan fingerprint density at radius 2 is 0.763 bits per heavy atom. The summed E-state index contributed by atoms with van der Waals surface area (Å²) >= 11 is 0. The van der Waals surface area contributed by atoms with Gasteiger partial charge in [0.2, 0.25) is 0 Å². The van der Waals surface area contributed by atoms with Crippen LogP contribution in [0.2, 0.25) is 39.3 Å². The van der Waals surface area contributed by atoms with Gasteiger partial charge in [-0.3, -0.25) is 0 Å². The van der Waals surface area contributed by atoms with Crippen molar-refractivity contribution in [2.75, 3.05) is 9.80 Å². The Hall–Kier alpha value is -7.91. The Bertz CT molecular complexity index is 4370. The molecule has 0 saturated heterocycles. The molecule has 76 heavy (non-hydrogen) atoms. The Kier molecular flexibility index (Phi) is 10.00. The summed E-state index contributed by atoms with van der Waals surface area (Å²) < 4.78 is 13.6. The van der Waals surface area contributed by atoms with E-state index in [9.17, 15) is 0 Å². The third-order valence-corrected chi connectivity index (χ3v) is 21.3. The molecule has 12 aromatic rings. The van der Waals surface area contributed by atoms with Gasteiger partial charge in [-0.15, -0.1) is 0 Å². The summed E-state index contributed by atoms with van der Waals surface area (Å²) in [7, 11) is -3.10. The zero-order chi connectivity index (χ0) is 52.2. The van der Waals surface area contributed by atoms with Crippen LogP contribution in [-0.4, -0.2) is 16.1 Å². The molecule has 0 atom stereocenters. The van der Waals surface area contributed by atoms with Crippen molar-refractivity contribution in [2.24, 2.45) is 0 Å². The molecular formula is C70H62N2O2Si2. The number of benzene rings is 10. The number of furan rings is 2. The fourth-order valence-electron chi connectivity index (χ4n) is 13.0. The predicted molar refractivity (Wildman–Crippen MR) is 329 cm³/mol. The highest BCUT2D eigenvalue weighted by atomic mass is 28.3. The van der Waals surface area contributed by atoms with E-state index in [1.807, 2.05) is 0 Å². The maximum absolute atomic E-state index is 6.81. The van der Waals surface area contributed by atoms with Crippen molar-refractivity contribution in [1.29, 1.82) is 0 Å². The maximum Gasteiger partial charge on any atom is 0.159 e. The van der Waals surface area contributed by atoms with Crippen LogP contribution >= 0.6 is 0 Å². The molecule has 14 rings (SSSR count). The van der Waals surface area contributed by atoms with Crippen LogP contribution in [0.4, 0.5) is 34.1 Å². The van der Waals surface area contributed by atoms with E-state index in [4.69, 9.17) is 8.83 Å². The van der Waals surface area contributed by atoms with Crippen LogP contribution in [-0.2, 0) is 10.8 Å². The molecule has 0 amide bonds. The summed E-state index contributed by atoms with van der Waals surface area (Å²) in [6.07, 6.45) is 0. The van der Waals surface area contributed by atoms with Gasteiger partial charge < -0.3 is 18.6 Å². The van der Waals surface area contributed by atoms with E-state index in [0.29, 0.717) is 0 Å². The molecule has 2 heterocycles. The molecule has 0 bridgehead atoms. The van der Waals surface area contributed by atoms with Gasteiger partial charge in [-0.1, -0.05) is 193 Å². The molecule has 372 valence electrons. The fraction of sp³-hybridized carbons (Fsp3) is 0.171. The molecular weight excluding hydrogens is 957 g/mol. The smallest absolute Gasteiger partial charge is 0.159 e. The molecule has 0 saturated carbocycles. The normalized spacial score (nSPS) is 14.4. The van der Waals surface area contributed by atoms with Gasteiger partial charge >= 0.3 is 0 Å². The van der Waals surface area contributed by atoms with Crippen LogP contribution in [0.1, 0.15) is 49.9 Å². The highest BCUT2D eigenvalue weighted by molar-refractivity contribution is 6.89. The predicted octanol–water partition coefficient (Wildman–Crippen LogP) is 19.3. The van der Waals surface area contributed by atoms with Gasteiger partial charge in [-0.2, -0.15) is 0 Å². The lowest BCUT2D eigenvalue weighted by molar-refractivity contribution is 0.639. The van der Waals surface area contributed by atoms with Gasteiger partial charge in [0, 0.05) is 54.8 Å². The van der Waals surface area contributed by atoms with E-state index in [-0.39, 0.29) is 10.8 Å². The molecule has 0 spiro atoms. The average Bonchev–Trinajstić information content (AvgIpc) is 4.13. The summed E-state index contributed by atoms with van der Waals surface area (Å²) in [5.74, 6) is 0. The minimum Gasteiger partial charge on any atom is -0.454 e. The Labute approximate surface area is 447 Å². The Morgan fingerprint density at radius 1 is 0.329 bits per heavy atom. The lowest BCUT2D eigenvalue weighted by Gasteiger charge is -2.37. The minimum atomic E-state index is -1.56. The third-order valence-electron chi connectivity index (χ3n) is 17.2. The molecule has 2 aromatic heterocycles. The quantitative estimate of drug-likeness (QED) is 0.142. The highest BCUT2D eigenvalue weighted by Gasteiger charge is 2.42. The molecule has 0 N–H and O–H groups in total. The number of rotatable bonds is 8. The van der Waals surface area contributed by atoms with Gasteiger partial charge in [0.05, 0.1) is 33.2 Å². The maximum atomic E-state index is 6.81. The monoisotopic (exact) mass is 1020 g/mol. The first-order valence-electron chi connectivity index (χ1n) is 27.0. The molecule has 6 heteroatoms. The molecule has 4 nitrogen and oxygen atoms in total. The van der Waals surface area contributed by atoms with Crippen LogP contribution in [0.3, 0.4) is 0 Å². The van der Waals surface area contributed by atoms with E-state index < -0.39 is 16.1 Å². The standard InChI is InChI=1S/C70H62N2O2Si2/c1-69(2)57-23-15-22-54-61(72(44-30-35-47(36-31-44)76(8,9)10)63-25-17-21-53-50-19-12-14-27-65(50)74-68(53)63)39-38-51(66(54)57)56-42-59-55(41-60(56)69)48-37-32-45(40-58(48)70(59,3)4)71(43-28-33-46(34-29-43)75(5,6)7)62-24-16-20-52-49-18-11-13-26-64(49)73-67(52)62/h11-42H,1-10H3. The van der Waals surface area contributed by atoms with Crippen molar-refractivity contribution in [1.82, 2.24) is 0 Å². The number of fused-ring (bicyclic) bond motifs is 11. The number of nitrogens with zero attached hydrogens (tertiary/aromatic N) is 2. The lowest BCUT2D eigenvalue weighted by atomic mass is 9.67. The topological polar surface area (TPSA) is 32.8 Å². The second kappa shape index (κ2) is 16.3. The molecule has 2 aliphatic carbocycles. The van der Waals surface area contributed by atoms with Crippen molar-refractivity contribution in [2.45, 2.75) is 77.8 Å². The van der Waals surface area contributed by atoms with Gasteiger partial charge in [-0.25, -0.2) is 0 Å². The first-order valence-corrected chi connectivity index (χ1v) is 34.0. The van der Waals surface area contributed by atoms with Gasteiger partial charge in [-0.05, 0) is 129 Å². The molecule has 0 unspecified atom stereocenters. The largest absolute Gasteiger partial charge is 0.454 e. The first-order chi connectivity index (χ1) is 36.5. The number of para-hydroxylation sites is 4. The Morgan fingerprint density at radius 3 is 1.33 bits per heavy atom. The van der Waals surface area contributed by atoms with Crippen LogP contribution in [0.25, 0.3) is 76.9 Å². The van der Waals surface area contributed by atoms with Crippen LogP contribution < -0.4 is 20.2 Å². The van der Waals surface area contributed by atoms with E-state index in [1.54, 1.807) is 0 Å². The zero-order valence-electron chi connectivity index (χ0n) is 45.2. The summed E-state index contributed by atoms with van der Waals surface area (Å²) in [5.41, 5.74) is 20.1. The second-order valence-corrected chi connectivity index (χ2v) is 34.7. The van der Waals surface area contributed by atoms with Crippen molar-refractivity contribution in [3.05, 3.63) is 216 Å². The Balaban J connectivity index is 0.930. The number of hydrogen-bond acceptors (Lipinski definition) is 4. The highest BCUT2D eigenvalue weighted by Crippen LogP contribution is 2.58. The molecule has 0 radical (unpaired) electrons. The van der Waals surface area contributed by atoms with Crippen molar-refractivity contribution >= 4 is 115 Å². The van der Waals surface area contributed by atoms with Crippen LogP contribution in [0.15, 0.2) is 203 Å². The first kappa shape index (κ1) is 46.6. The third kappa shape index (κ3) is 6.86. The molecule has 2 aliphatic rings. The van der Waals surface area contributed by atoms with Crippen LogP contribution in [0.5, 0.6) is 0 Å². The van der Waals surface area contributed by atoms with E-state index in [0.717, 1.165) is 78.0 Å². The van der Waals surface area contributed by atoms with Gasteiger partial charge in [0.25, 0.3) is 0 Å². The summed E-state index contributed by atoms with van der Waals surface area (Å²) in [5, 5.41) is 9.90. The second-order valence-electron chi connectivity index (χ2n) is 24.6. The van der Waals surface area contributed by atoms with E-state index in [1.165, 1.54) is 65.7 Å². The molecule has 10 aromatic carbocycles. The van der Waals surface area contributed by atoms with Gasteiger partial charge in [0.15, 0.2) is 11.2 Å². The van der Waals surface area contributed by atoms with Crippen LogP contribution in [0, 0.1) is 0 Å². The average molecular weight is 1020 g/mol. The SMILES string of the molecule is CC1(C)c2cc(N(c3ccc([Si](C)(C)C)cc3)c3cccc4c3oc3ccccc34)ccc2-c2cc3c(cc21)-c1ccc(N(c2ccc([Si](C)(C)C)cc2)c2cccc4c2oc2ccccc24)c2cccc(c12)C3(C)C. The van der Waals surface area contributed by atoms with Crippen molar-refractivity contribution in [3.8, 4) is 22.3 Å². The minimum absolute atomic E-state index is 0.293.